The fraction of sp³-hybridized carbons (Fsp3) is 0.696. The molecule has 1 radical (unpaired) electrons. The highest BCUT2D eigenvalue weighted by molar-refractivity contribution is 6.49. The van der Waals surface area contributed by atoms with Crippen molar-refractivity contribution >= 4 is 15.3 Å². The topological polar surface area (TPSA) is 46.5 Å². The van der Waals surface area contributed by atoms with Gasteiger partial charge in [-0.2, -0.15) is 0 Å². The zero-order chi connectivity index (χ0) is 20.0. The van der Waals surface area contributed by atoms with Crippen LogP contribution < -0.4 is 4.43 Å². The fourth-order valence-electron chi connectivity index (χ4n) is 5.21. The molecule has 1 aromatic carbocycles. The van der Waals surface area contributed by atoms with Gasteiger partial charge < -0.3 is 14.3 Å². The largest absolute Gasteiger partial charge is 0.542 e. The second-order valence-electron chi connectivity index (χ2n) is 10.2. The molecule has 27 heavy (non-hydrogen) atoms. The van der Waals surface area contributed by atoms with Gasteiger partial charge in [0.1, 0.15) is 12.0 Å². The van der Waals surface area contributed by atoms with E-state index in [1.54, 1.807) is 0 Å². The highest BCUT2D eigenvalue weighted by atomic mass is 28.3. The summed E-state index contributed by atoms with van der Waals surface area (Å²) >= 11 is 0. The van der Waals surface area contributed by atoms with E-state index in [9.17, 15) is 9.90 Å². The predicted octanol–water partition coefficient (Wildman–Crippen LogP) is 5.23. The SMILES string of the molecule is C[Si](C)Oc1cc(C(C)(C)C)ccc1[C@H]1CC[C@]2(C)[C@@H](C=O)CC[C@]2(O)C1. The molecular formula is C23H35O3Si. The lowest BCUT2D eigenvalue weighted by atomic mass is 9.59. The van der Waals surface area contributed by atoms with E-state index >= 15 is 0 Å². The Morgan fingerprint density at radius 3 is 2.52 bits per heavy atom. The normalized spacial score (nSPS) is 33.8. The number of benzene rings is 1. The van der Waals surface area contributed by atoms with Crippen molar-refractivity contribution in [1.29, 1.82) is 0 Å². The van der Waals surface area contributed by atoms with Crippen LogP contribution >= 0.6 is 0 Å². The molecule has 4 heteroatoms. The van der Waals surface area contributed by atoms with Crippen molar-refractivity contribution in [3.05, 3.63) is 29.3 Å². The molecule has 3 nitrogen and oxygen atoms in total. The van der Waals surface area contributed by atoms with Gasteiger partial charge in [-0.3, -0.25) is 0 Å². The molecule has 0 amide bonds. The summed E-state index contributed by atoms with van der Waals surface area (Å²) in [7, 11) is -0.874. The molecule has 2 fully saturated rings. The number of fused-ring (bicyclic) bond motifs is 1. The Balaban J connectivity index is 1.94. The first-order valence-corrected chi connectivity index (χ1v) is 12.7. The lowest BCUT2D eigenvalue weighted by Crippen LogP contribution is -2.49. The molecule has 0 aromatic heterocycles. The predicted molar refractivity (Wildman–Crippen MR) is 112 cm³/mol. The van der Waals surface area contributed by atoms with Crippen LogP contribution in [-0.4, -0.2) is 26.0 Å². The smallest absolute Gasteiger partial charge is 0.274 e. The lowest BCUT2D eigenvalue weighted by Gasteiger charge is -2.48. The molecule has 149 valence electrons. The van der Waals surface area contributed by atoms with Gasteiger partial charge in [-0.1, -0.05) is 39.8 Å². The number of carbonyl (C=O) groups is 1. The van der Waals surface area contributed by atoms with Crippen molar-refractivity contribution in [2.24, 2.45) is 11.3 Å². The maximum absolute atomic E-state index is 11.5. The molecule has 2 saturated carbocycles. The minimum absolute atomic E-state index is 0.0106. The third-order valence-corrected chi connectivity index (χ3v) is 7.77. The van der Waals surface area contributed by atoms with E-state index < -0.39 is 14.6 Å². The molecule has 2 aliphatic rings. The van der Waals surface area contributed by atoms with Crippen LogP contribution in [0.25, 0.3) is 0 Å². The summed E-state index contributed by atoms with van der Waals surface area (Å²) in [5.41, 5.74) is 1.58. The van der Waals surface area contributed by atoms with Gasteiger partial charge in [0.15, 0.2) is 0 Å². The lowest BCUT2D eigenvalue weighted by molar-refractivity contribution is -0.128. The van der Waals surface area contributed by atoms with Gasteiger partial charge in [0.25, 0.3) is 9.04 Å². The van der Waals surface area contributed by atoms with Crippen molar-refractivity contribution in [3.8, 4) is 5.75 Å². The number of hydrogen-bond donors (Lipinski definition) is 1. The fourth-order valence-corrected chi connectivity index (χ4v) is 5.83. The molecule has 0 saturated heterocycles. The third-order valence-electron chi connectivity index (χ3n) is 7.14. The molecule has 0 spiro atoms. The first kappa shape index (κ1) is 20.6. The number of aliphatic hydroxyl groups is 1. The summed E-state index contributed by atoms with van der Waals surface area (Å²) in [5.74, 6) is 1.28. The Kier molecular flexibility index (Phi) is 5.37. The van der Waals surface area contributed by atoms with Crippen molar-refractivity contribution in [2.75, 3.05) is 0 Å². The maximum Gasteiger partial charge on any atom is 0.274 e. The van der Waals surface area contributed by atoms with Crippen LogP contribution in [0.15, 0.2) is 18.2 Å². The summed E-state index contributed by atoms with van der Waals surface area (Å²) in [6, 6.07) is 6.66. The Morgan fingerprint density at radius 2 is 1.93 bits per heavy atom. The average Bonchev–Trinajstić information content (AvgIpc) is 2.83. The first-order chi connectivity index (χ1) is 12.5. The van der Waals surface area contributed by atoms with E-state index in [0.717, 1.165) is 44.1 Å². The Labute approximate surface area is 166 Å². The van der Waals surface area contributed by atoms with Crippen molar-refractivity contribution in [2.45, 2.75) is 89.8 Å². The molecule has 0 unspecified atom stereocenters. The zero-order valence-electron chi connectivity index (χ0n) is 17.8. The van der Waals surface area contributed by atoms with Gasteiger partial charge in [0, 0.05) is 11.3 Å². The molecular weight excluding hydrogens is 352 g/mol. The average molecular weight is 388 g/mol. The van der Waals surface area contributed by atoms with Crippen LogP contribution in [0.4, 0.5) is 0 Å². The maximum atomic E-state index is 11.5. The monoisotopic (exact) mass is 387 g/mol. The number of hydrogen-bond acceptors (Lipinski definition) is 3. The van der Waals surface area contributed by atoms with E-state index in [2.05, 4.69) is 59.0 Å². The van der Waals surface area contributed by atoms with E-state index in [-0.39, 0.29) is 16.7 Å². The third kappa shape index (κ3) is 3.63. The molecule has 2 aliphatic carbocycles. The van der Waals surface area contributed by atoms with Gasteiger partial charge in [0.05, 0.1) is 5.60 Å². The second-order valence-corrected chi connectivity index (χ2v) is 12.2. The second kappa shape index (κ2) is 7.04. The number of carbonyl (C=O) groups excluding carboxylic acids is 1. The highest BCUT2D eigenvalue weighted by Gasteiger charge is 2.59. The Morgan fingerprint density at radius 1 is 1.22 bits per heavy atom. The molecule has 3 rings (SSSR count). The summed E-state index contributed by atoms with van der Waals surface area (Å²) in [5, 5.41) is 11.5. The van der Waals surface area contributed by atoms with Crippen LogP contribution in [-0.2, 0) is 10.2 Å². The van der Waals surface area contributed by atoms with E-state index in [1.165, 1.54) is 11.1 Å². The Bertz CT molecular complexity index is 708. The van der Waals surface area contributed by atoms with Crippen LogP contribution in [0.3, 0.4) is 0 Å². The van der Waals surface area contributed by atoms with Crippen molar-refractivity contribution < 1.29 is 14.3 Å². The number of aldehydes is 1. The van der Waals surface area contributed by atoms with Gasteiger partial charge in [-0.05, 0) is 73.7 Å². The van der Waals surface area contributed by atoms with E-state index in [4.69, 9.17) is 4.43 Å². The summed E-state index contributed by atoms with van der Waals surface area (Å²) in [6.07, 6.45) is 5.25. The minimum atomic E-state index is -0.874. The van der Waals surface area contributed by atoms with Crippen LogP contribution in [0.5, 0.6) is 5.75 Å². The molecule has 0 heterocycles. The van der Waals surface area contributed by atoms with E-state index in [0.29, 0.717) is 5.92 Å². The van der Waals surface area contributed by atoms with Gasteiger partial charge >= 0.3 is 0 Å². The zero-order valence-corrected chi connectivity index (χ0v) is 18.8. The standard InChI is InChI=1S/C23H35O3Si/c1-21(2,3)17-7-8-19(20(13-17)26-27(5)6)16-9-11-22(4)18(15-24)10-12-23(22,25)14-16/h7-8,13,15-16,18,25H,9-12,14H2,1-6H3/t16-,18+,22+,23-/m0/s1. The van der Waals surface area contributed by atoms with E-state index in [1.807, 2.05) is 0 Å². The van der Waals surface area contributed by atoms with Crippen molar-refractivity contribution in [3.63, 3.8) is 0 Å². The molecule has 1 N–H and O–H groups in total. The summed E-state index contributed by atoms with van der Waals surface area (Å²) in [6.45, 7) is 13.1. The van der Waals surface area contributed by atoms with Gasteiger partial charge in [0.2, 0.25) is 0 Å². The van der Waals surface area contributed by atoms with Crippen LogP contribution in [0.2, 0.25) is 13.1 Å². The molecule has 4 atom stereocenters. The molecule has 0 bridgehead atoms. The summed E-state index contributed by atoms with van der Waals surface area (Å²) in [4.78, 5) is 11.5. The molecule has 1 aromatic rings. The van der Waals surface area contributed by atoms with Crippen LogP contribution in [0.1, 0.15) is 76.8 Å². The first-order valence-electron chi connectivity index (χ1n) is 10.3. The quantitative estimate of drug-likeness (QED) is 0.568. The highest BCUT2D eigenvalue weighted by Crippen LogP contribution is 2.60. The number of rotatable bonds is 4. The van der Waals surface area contributed by atoms with Gasteiger partial charge in [-0.15, -0.1) is 0 Å². The molecule has 0 aliphatic heterocycles. The van der Waals surface area contributed by atoms with Crippen molar-refractivity contribution in [1.82, 2.24) is 0 Å². The minimum Gasteiger partial charge on any atom is -0.542 e. The van der Waals surface area contributed by atoms with Crippen LogP contribution in [0, 0.1) is 11.3 Å². The summed E-state index contributed by atoms with van der Waals surface area (Å²) < 4.78 is 6.31. The van der Waals surface area contributed by atoms with Gasteiger partial charge in [-0.25, -0.2) is 0 Å². The Hall–Kier alpha value is -1.13.